The number of hydrogen-bond donors (Lipinski definition) is 3. The Kier molecular flexibility index (Phi) is 6.80. The number of benzene rings is 1. The van der Waals surface area contributed by atoms with Gasteiger partial charge >= 0.3 is 11.9 Å². The van der Waals surface area contributed by atoms with E-state index in [1.54, 1.807) is 31.2 Å². The summed E-state index contributed by atoms with van der Waals surface area (Å²) in [5.74, 6) is -3.59. The average Bonchev–Trinajstić information content (AvgIpc) is 2.66. The summed E-state index contributed by atoms with van der Waals surface area (Å²) in [6, 6.07) is 4.10. The van der Waals surface area contributed by atoms with Crippen LogP contribution in [-0.4, -0.2) is 49.1 Å². The molecule has 28 heavy (non-hydrogen) atoms. The van der Waals surface area contributed by atoms with Crippen LogP contribution in [0.15, 0.2) is 29.1 Å². The Morgan fingerprint density at radius 3 is 2.50 bits per heavy atom. The van der Waals surface area contributed by atoms with Gasteiger partial charge in [-0.15, -0.1) is 5.10 Å². The van der Waals surface area contributed by atoms with Crippen molar-refractivity contribution in [2.45, 2.75) is 45.2 Å². The third-order valence-electron chi connectivity index (χ3n) is 4.57. The molecule has 0 saturated carbocycles. The highest BCUT2D eigenvalue weighted by Crippen LogP contribution is 2.20. The summed E-state index contributed by atoms with van der Waals surface area (Å²) in [5.41, 5.74) is -0.125. The predicted octanol–water partition coefficient (Wildman–Crippen LogP) is 0.813. The van der Waals surface area contributed by atoms with Gasteiger partial charge in [0.1, 0.15) is 17.6 Å². The Balaban J connectivity index is 2.39. The van der Waals surface area contributed by atoms with Gasteiger partial charge in [-0.3, -0.25) is 14.4 Å². The maximum atomic E-state index is 12.8. The summed E-state index contributed by atoms with van der Waals surface area (Å²) in [6.45, 7) is 3.56. The number of nitrogens with one attached hydrogen (secondary N) is 1. The first-order valence-electron chi connectivity index (χ1n) is 8.85. The number of carboxylic acids is 2. The summed E-state index contributed by atoms with van der Waals surface area (Å²) >= 11 is 0. The number of aromatic nitrogens is 3. The number of rotatable bonds is 9. The average molecular weight is 390 g/mol. The number of fused-ring (bicyclic) bond motifs is 1. The molecule has 1 amide bonds. The molecule has 3 N–H and O–H groups in total. The van der Waals surface area contributed by atoms with Gasteiger partial charge in [0.25, 0.3) is 5.56 Å². The molecule has 0 bridgehead atoms. The third kappa shape index (κ3) is 4.70. The molecule has 0 aliphatic rings. The van der Waals surface area contributed by atoms with Crippen LogP contribution in [0.25, 0.3) is 10.9 Å². The van der Waals surface area contributed by atoms with E-state index in [0.29, 0.717) is 17.3 Å². The van der Waals surface area contributed by atoms with Crippen LogP contribution < -0.4 is 10.9 Å². The zero-order valence-electron chi connectivity index (χ0n) is 15.5. The summed E-state index contributed by atoms with van der Waals surface area (Å²) in [4.78, 5) is 47.8. The molecule has 3 unspecified atom stereocenters. The molecule has 0 saturated heterocycles. The van der Waals surface area contributed by atoms with Crippen LogP contribution in [0.5, 0.6) is 0 Å². The number of carbonyl (C=O) groups excluding carboxylic acids is 1. The lowest BCUT2D eigenvalue weighted by Gasteiger charge is -2.24. The quantitative estimate of drug-likeness (QED) is 0.569. The molecule has 10 heteroatoms. The Morgan fingerprint density at radius 2 is 1.89 bits per heavy atom. The lowest BCUT2D eigenvalue weighted by molar-refractivity contribution is -0.144. The van der Waals surface area contributed by atoms with Crippen LogP contribution in [-0.2, 0) is 14.4 Å². The first-order valence-corrected chi connectivity index (χ1v) is 8.85. The Hall–Kier alpha value is -3.30. The molecule has 1 aromatic carbocycles. The molecule has 1 aromatic heterocycles. The molecule has 0 aliphatic carbocycles. The molecule has 10 nitrogen and oxygen atoms in total. The third-order valence-corrected chi connectivity index (χ3v) is 4.57. The van der Waals surface area contributed by atoms with Gasteiger partial charge in [0.2, 0.25) is 5.91 Å². The van der Waals surface area contributed by atoms with Crippen molar-refractivity contribution in [1.29, 1.82) is 0 Å². The van der Waals surface area contributed by atoms with Crippen LogP contribution in [0.1, 0.15) is 39.2 Å². The Bertz CT molecular complexity index is 941. The molecule has 2 aromatic rings. The van der Waals surface area contributed by atoms with E-state index in [-0.39, 0.29) is 12.3 Å². The minimum Gasteiger partial charge on any atom is -0.481 e. The number of carboxylic acid groups (broad SMARTS) is 2. The van der Waals surface area contributed by atoms with Gasteiger partial charge < -0.3 is 15.5 Å². The Labute approximate surface area is 160 Å². The van der Waals surface area contributed by atoms with E-state index in [4.69, 9.17) is 5.11 Å². The summed E-state index contributed by atoms with van der Waals surface area (Å²) in [5, 5.41) is 28.5. The molecule has 3 atom stereocenters. The smallest absolute Gasteiger partial charge is 0.326 e. The van der Waals surface area contributed by atoms with Crippen LogP contribution in [0, 0.1) is 5.92 Å². The summed E-state index contributed by atoms with van der Waals surface area (Å²) in [6.07, 6.45) is -0.172. The van der Waals surface area contributed by atoms with E-state index >= 15 is 0 Å². The number of amides is 1. The van der Waals surface area contributed by atoms with Gasteiger partial charge in [-0.2, -0.15) is 4.68 Å². The van der Waals surface area contributed by atoms with Gasteiger partial charge in [-0.1, -0.05) is 37.6 Å². The van der Waals surface area contributed by atoms with Crippen LogP contribution in [0.4, 0.5) is 0 Å². The van der Waals surface area contributed by atoms with E-state index in [9.17, 15) is 24.3 Å². The molecular weight excluding hydrogens is 368 g/mol. The fraction of sp³-hybridized carbons (Fsp3) is 0.444. The van der Waals surface area contributed by atoms with Gasteiger partial charge in [-0.25, -0.2) is 4.79 Å². The van der Waals surface area contributed by atoms with Gasteiger partial charge in [0, 0.05) is 6.42 Å². The first kappa shape index (κ1) is 21.0. The second kappa shape index (κ2) is 9.07. The molecule has 150 valence electrons. The molecule has 0 spiro atoms. The van der Waals surface area contributed by atoms with E-state index in [1.807, 2.05) is 6.92 Å². The van der Waals surface area contributed by atoms with Crippen molar-refractivity contribution in [3.05, 3.63) is 34.6 Å². The highest BCUT2D eigenvalue weighted by molar-refractivity contribution is 5.86. The maximum Gasteiger partial charge on any atom is 0.326 e. The lowest BCUT2D eigenvalue weighted by atomic mass is 9.97. The van der Waals surface area contributed by atoms with E-state index in [1.165, 1.54) is 0 Å². The van der Waals surface area contributed by atoms with E-state index < -0.39 is 41.9 Å². The van der Waals surface area contributed by atoms with E-state index in [2.05, 4.69) is 15.6 Å². The number of aliphatic carboxylic acids is 2. The molecule has 2 rings (SSSR count). The molecule has 0 fully saturated rings. The molecule has 1 heterocycles. The van der Waals surface area contributed by atoms with Crippen LogP contribution in [0.3, 0.4) is 0 Å². The van der Waals surface area contributed by atoms with Gasteiger partial charge in [0.15, 0.2) is 0 Å². The monoisotopic (exact) mass is 390 g/mol. The van der Waals surface area contributed by atoms with Crippen LogP contribution >= 0.6 is 0 Å². The van der Waals surface area contributed by atoms with E-state index in [0.717, 1.165) is 4.68 Å². The van der Waals surface area contributed by atoms with Crippen molar-refractivity contribution in [3.8, 4) is 0 Å². The van der Waals surface area contributed by atoms with Crippen molar-refractivity contribution in [2.75, 3.05) is 0 Å². The maximum absolute atomic E-state index is 12.8. The second-order valence-corrected chi connectivity index (χ2v) is 6.52. The van der Waals surface area contributed by atoms with Gasteiger partial charge in [-0.05, 0) is 24.5 Å². The van der Waals surface area contributed by atoms with Crippen molar-refractivity contribution < 1.29 is 24.6 Å². The normalized spacial score (nSPS) is 14.2. The number of hydrogen-bond acceptors (Lipinski definition) is 6. The standard InChI is InChI=1S/C18H22N4O6/c1-3-10(2)15(16(25)19-13(18(27)28)8-9-14(23)24)22-17(26)11-6-4-5-7-12(11)20-21-22/h4-7,10,13,15H,3,8-9H2,1-2H3,(H,19,25)(H,23,24)(H,27,28). The largest absolute Gasteiger partial charge is 0.481 e. The van der Waals surface area contributed by atoms with Crippen molar-refractivity contribution in [1.82, 2.24) is 20.3 Å². The van der Waals surface area contributed by atoms with Gasteiger partial charge in [0.05, 0.1) is 5.39 Å². The predicted molar refractivity (Wildman–Crippen MR) is 98.7 cm³/mol. The van der Waals surface area contributed by atoms with Crippen LogP contribution in [0.2, 0.25) is 0 Å². The molecule has 0 radical (unpaired) electrons. The fourth-order valence-corrected chi connectivity index (χ4v) is 2.80. The number of carbonyl (C=O) groups is 3. The molecular formula is C18H22N4O6. The highest BCUT2D eigenvalue weighted by atomic mass is 16.4. The Morgan fingerprint density at radius 1 is 1.21 bits per heavy atom. The highest BCUT2D eigenvalue weighted by Gasteiger charge is 2.32. The zero-order valence-corrected chi connectivity index (χ0v) is 15.5. The fourth-order valence-electron chi connectivity index (χ4n) is 2.80. The first-order chi connectivity index (χ1) is 13.3. The summed E-state index contributed by atoms with van der Waals surface area (Å²) in [7, 11) is 0. The minimum atomic E-state index is -1.39. The minimum absolute atomic E-state index is 0.276. The zero-order chi connectivity index (χ0) is 20.8. The van der Waals surface area contributed by atoms with Crippen molar-refractivity contribution in [3.63, 3.8) is 0 Å². The summed E-state index contributed by atoms with van der Waals surface area (Å²) < 4.78 is 0.960. The lowest BCUT2D eigenvalue weighted by Crippen LogP contribution is -2.48. The van der Waals surface area contributed by atoms with Crippen molar-refractivity contribution >= 4 is 28.7 Å². The number of nitrogens with zero attached hydrogens (tertiary/aromatic N) is 3. The topological polar surface area (TPSA) is 151 Å². The SMILES string of the molecule is CCC(C)C(C(=O)NC(CCC(=O)O)C(=O)O)n1nnc2ccccc2c1=O. The molecule has 0 aliphatic heterocycles. The second-order valence-electron chi connectivity index (χ2n) is 6.52. The van der Waals surface area contributed by atoms with Crippen molar-refractivity contribution in [2.24, 2.45) is 5.92 Å².